The van der Waals surface area contributed by atoms with Crippen LogP contribution in [0.3, 0.4) is 0 Å². The lowest BCUT2D eigenvalue weighted by Crippen LogP contribution is -2.27. The normalized spacial score (nSPS) is 23.2. The number of hydrogen-bond acceptors (Lipinski definition) is 1. The first kappa shape index (κ1) is 33.1. The largest absolute Gasteiger partial charge is 0.492 e. The van der Waals surface area contributed by atoms with E-state index < -0.39 is 0 Å². The van der Waals surface area contributed by atoms with Gasteiger partial charge in [0.25, 0.3) is 0 Å². The van der Waals surface area contributed by atoms with E-state index in [0.29, 0.717) is 0 Å². The summed E-state index contributed by atoms with van der Waals surface area (Å²) >= 11 is 0. The maximum atomic E-state index is 6.78. The van der Waals surface area contributed by atoms with E-state index in [-0.39, 0.29) is 5.41 Å². The molecule has 0 aromatic heterocycles. The minimum Gasteiger partial charge on any atom is -0.492 e. The first-order valence-corrected chi connectivity index (χ1v) is 18.3. The van der Waals surface area contributed by atoms with Gasteiger partial charge in [-0.1, -0.05) is 98.4 Å². The second-order valence-electron chi connectivity index (χ2n) is 14.3. The van der Waals surface area contributed by atoms with Crippen molar-refractivity contribution in [2.45, 2.75) is 151 Å². The summed E-state index contributed by atoms with van der Waals surface area (Å²) in [4.78, 5) is 0. The van der Waals surface area contributed by atoms with Crippen molar-refractivity contribution in [1.82, 2.24) is 0 Å². The predicted octanol–water partition coefficient (Wildman–Crippen LogP) is 12.2. The van der Waals surface area contributed by atoms with Gasteiger partial charge in [0.15, 0.2) is 0 Å². The van der Waals surface area contributed by atoms with Gasteiger partial charge in [0.2, 0.25) is 0 Å². The van der Waals surface area contributed by atoms with Crippen molar-refractivity contribution in [1.29, 1.82) is 0 Å². The molecule has 2 aromatic rings. The van der Waals surface area contributed by atoms with Gasteiger partial charge in [-0.3, -0.25) is 0 Å². The molecule has 2 fully saturated rings. The summed E-state index contributed by atoms with van der Waals surface area (Å²) in [6.07, 6.45) is 21.1. The van der Waals surface area contributed by atoms with Crippen LogP contribution in [0.1, 0.15) is 148 Å². The van der Waals surface area contributed by atoms with Crippen LogP contribution in [0, 0.1) is 29.1 Å². The fourth-order valence-corrected chi connectivity index (χ4v) is 8.51. The van der Waals surface area contributed by atoms with Crippen LogP contribution in [0.15, 0.2) is 30.3 Å². The van der Waals surface area contributed by atoms with E-state index in [2.05, 4.69) is 78.8 Å². The Morgan fingerprint density at radius 1 is 0.690 bits per heavy atom. The van der Waals surface area contributed by atoms with Gasteiger partial charge in [-0.15, -0.1) is 0 Å². The van der Waals surface area contributed by atoms with E-state index in [9.17, 15) is 0 Å². The Kier molecular flexibility index (Phi) is 12.5. The first-order valence-electron chi connectivity index (χ1n) is 18.3. The van der Waals surface area contributed by atoms with Crippen molar-refractivity contribution in [3.8, 4) is 16.9 Å². The van der Waals surface area contributed by atoms with Gasteiger partial charge in [-0.2, -0.15) is 0 Å². The lowest BCUT2D eigenvalue weighted by Gasteiger charge is -2.37. The molecule has 0 unspecified atom stereocenters. The number of ether oxygens (including phenoxy) is 1. The van der Waals surface area contributed by atoms with Crippen molar-refractivity contribution in [2.75, 3.05) is 6.61 Å². The molecular formula is C41H64O. The van der Waals surface area contributed by atoms with Crippen LogP contribution >= 0.6 is 0 Å². The number of rotatable bonds is 14. The molecule has 1 nitrogen and oxygen atoms in total. The Bertz CT molecular complexity index is 1070. The van der Waals surface area contributed by atoms with E-state index in [1.54, 1.807) is 0 Å². The van der Waals surface area contributed by atoms with E-state index in [1.807, 2.05) is 0 Å². The Hall–Kier alpha value is -1.76. The molecular weight excluding hydrogens is 508 g/mol. The molecule has 0 spiro atoms. The lowest BCUT2D eigenvalue weighted by molar-refractivity contribution is 0.126. The molecule has 0 aliphatic heterocycles. The topological polar surface area (TPSA) is 9.23 Å². The molecule has 0 heterocycles. The van der Waals surface area contributed by atoms with Crippen molar-refractivity contribution >= 4 is 0 Å². The van der Waals surface area contributed by atoms with Gasteiger partial charge in [0.05, 0.1) is 6.61 Å². The summed E-state index contributed by atoms with van der Waals surface area (Å²) in [5.74, 6) is 5.18. The van der Waals surface area contributed by atoms with Gasteiger partial charge in [0, 0.05) is 5.41 Å². The van der Waals surface area contributed by atoms with Gasteiger partial charge >= 0.3 is 0 Å². The smallest absolute Gasteiger partial charge is 0.125 e. The van der Waals surface area contributed by atoms with Crippen molar-refractivity contribution < 1.29 is 4.74 Å². The molecule has 1 heteroatoms. The predicted molar refractivity (Wildman–Crippen MR) is 184 cm³/mol. The van der Waals surface area contributed by atoms with Crippen LogP contribution in [0.5, 0.6) is 5.75 Å². The fraction of sp³-hybridized carbons (Fsp3) is 0.707. The zero-order valence-electron chi connectivity index (χ0n) is 28.6. The summed E-state index contributed by atoms with van der Waals surface area (Å²) < 4.78 is 6.78. The maximum Gasteiger partial charge on any atom is 0.125 e. The number of hydrogen-bond donors (Lipinski definition) is 0. The Morgan fingerprint density at radius 3 is 1.79 bits per heavy atom. The van der Waals surface area contributed by atoms with Crippen LogP contribution in [-0.2, 0) is 25.7 Å². The SMILES string of the molecule is CCc1cc(-c2ccc(CCC3CCC(C4CCC(C)CC4)CC3)cc2)c(CC)c(CC)c1OCC(CC)(CC)CC. The Balaban J connectivity index is 1.41. The zero-order chi connectivity index (χ0) is 30.1. The molecule has 0 N–H and O–H groups in total. The zero-order valence-corrected chi connectivity index (χ0v) is 28.6. The fourth-order valence-electron chi connectivity index (χ4n) is 8.51. The third-order valence-electron chi connectivity index (χ3n) is 12.2. The molecule has 2 saturated carbocycles. The second-order valence-corrected chi connectivity index (χ2v) is 14.3. The lowest BCUT2D eigenvalue weighted by atomic mass is 9.69. The highest BCUT2D eigenvalue weighted by Crippen LogP contribution is 2.43. The molecule has 42 heavy (non-hydrogen) atoms. The second kappa shape index (κ2) is 15.8. The first-order chi connectivity index (χ1) is 20.4. The quantitative estimate of drug-likeness (QED) is 0.219. The summed E-state index contributed by atoms with van der Waals surface area (Å²) in [6, 6.07) is 12.1. The number of aryl methyl sites for hydroxylation is 2. The molecule has 4 rings (SSSR count). The average Bonchev–Trinajstić information content (AvgIpc) is 3.04. The minimum atomic E-state index is 0.282. The summed E-state index contributed by atoms with van der Waals surface area (Å²) in [6.45, 7) is 17.2. The third kappa shape index (κ3) is 7.84. The van der Waals surface area contributed by atoms with Gasteiger partial charge in [0.1, 0.15) is 5.75 Å². The van der Waals surface area contributed by atoms with Crippen molar-refractivity contribution in [2.24, 2.45) is 29.1 Å². The molecule has 2 aromatic carbocycles. The molecule has 0 bridgehead atoms. The highest BCUT2D eigenvalue weighted by atomic mass is 16.5. The van der Waals surface area contributed by atoms with E-state index >= 15 is 0 Å². The van der Waals surface area contributed by atoms with Gasteiger partial charge in [-0.05, 0) is 140 Å². The standard InChI is InChI=1S/C41H64O/c1-8-33-28-39(37(9-2)38(10-3)40(33)42-29-41(11-4,12-5)13-6)36-26-20-32(21-27-36)17-16-31-18-24-35(25-19-31)34-22-14-30(7)15-23-34/h20-21,26-28,30-31,34-35H,8-19,22-25,29H2,1-7H3. The summed E-state index contributed by atoms with van der Waals surface area (Å²) in [5, 5.41) is 0. The molecule has 0 saturated heterocycles. The van der Waals surface area contributed by atoms with Gasteiger partial charge in [-0.25, -0.2) is 0 Å². The molecule has 0 amide bonds. The monoisotopic (exact) mass is 572 g/mol. The molecule has 2 aliphatic carbocycles. The van der Waals surface area contributed by atoms with Crippen LogP contribution in [-0.4, -0.2) is 6.61 Å². The Labute approximate surface area is 260 Å². The summed E-state index contributed by atoms with van der Waals surface area (Å²) in [5.41, 5.74) is 8.89. The minimum absolute atomic E-state index is 0.282. The van der Waals surface area contributed by atoms with E-state index in [4.69, 9.17) is 4.74 Å². The summed E-state index contributed by atoms with van der Waals surface area (Å²) in [7, 11) is 0. The average molecular weight is 573 g/mol. The molecule has 2 aliphatic rings. The van der Waals surface area contributed by atoms with Crippen LogP contribution < -0.4 is 4.74 Å². The third-order valence-corrected chi connectivity index (χ3v) is 12.2. The van der Waals surface area contributed by atoms with Gasteiger partial charge < -0.3 is 4.74 Å². The molecule has 234 valence electrons. The maximum absolute atomic E-state index is 6.78. The van der Waals surface area contributed by atoms with Crippen LogP contribution in [0.2, 0.25) is 0 Å². The van der Waals surface area contributed by atoms with Crippen molar-refractivity contribution in [3.63, 3.8) is 0 Å². The van der Waals surface area contributed by atoms with E-state index in [0.717, 1.165) is 49.5 Å². The Morgan fingerprint density at radius 2 is 1.26 bits per heavy atom. The van der Waals surface area contributed by atoms with Crippen molar-refractivity contribution in [3.05, 3.63) is 52.6 Å². The highest BCUT2D eigenvalue weighted by molar-refractivity contribution is 5.72. The van der Waals surface area contributed by atoms with Crippen LogP contribution in [0.4, 0.5) is 0 Å². The number of benzene rings is 2. The van der Waals surface area contributed by atoms with E-state index in [1.165, 1.54) is 123 Å². The molecule has 0 radical (unpaired) electrons. The highest BCUT2D eigenvalue weighted by Gasteiger charge is 2.30. The van der Waals surface area contributed by atoms with Crippen LogP contribution in [0.25, 0.3) is 11.1 Å². The molecule has 0 atom stereocenters.